The average Bonchev–Trinajstić information content (AvgIpc) is 1.67. The Labute approximate surface area is 53.0 Å². The predicted molar refractivity (Wildman–Crippen MR) is 28.7 cm³/mol. The molecule has 1 N–H and O–H groups in total. The first-order valence-electron chi connectivity index (χ1n) is 1.71. The van der Waals surface area contributed by atoms with Crippen LogP contribution in [-0.4, -0.2) is 19.4 Å². The Morgan fingerprint density at radius 2 is 2.00 bits per heavy atom. The van der Waals surface area contributed by atoms with Gasteiger partial charge in [0.25, 0.3) is 6.26 Å². The summed E-state index contributed by atoms with van der Waals surface area (Å²) in [5, 5.41) is 30.6. The summed E-state index contributed by atoms with van der Waals surface area (Å²) >= 11 is 0. The Kier molecular flexibility index (Phi) is 11.1. The Hall–Kier alpha value is -1.60. The molecule has 0 aliphatic rings. The highest BCUT2D eigenvalue weighted by molar-refractivity contribution is 6.35. The third-order valence-electron chi connectivity index (χ3n) is 0.200. The fourth-order valence-corrected chi connectivity index (χ4v) is 0.173. The van der Waals surface area contributed by atoms with Gasteiger partial charge in [0.05, 0.1) is 0 Å². The van der Waals surface area contributed by atoms with Crippen LogP contribution in [0, 0.1) is 32.6 Å². The summed E-state index contributed by atoms with van der Waals surface area (Å²) in [5.74, 6) is 0. The summed E-state index contributed by atoms with van der Waals surface area (Å²) < 4.78 is -0.542. The Bertz CT molecular complexity index is 155. The van der Waals surface area contributed by atoms with Gasteiger partial charge in [0.1, 0.15) is 5.69 Å². The van der Waals surface area contributed by atoms with Crippen LogP contribution in [0.3, 0.4) is 0 Å². The highest BCUT2D eigenvalue weighted by Gasteiger charge is 1.90. The molecule has 9 heavy (non-hydrogen) atoms. The summed E-state index contributed by atoms with van der Waals surface area (Å²) in [6.07, 6.45) is 0.750. The van der Waals surface area contributed by atoms with Crippen LogP contribution in [0.15, 0.2) is 0 Å². The second-order valence-corrected chi connectivity index (χ2v) is 1.90. The minimum atomic E-state index is -1.62. The first-order valence-corrected chi connectivity index (χ1v) is 3.05. The van der Waals surface area contributed by atoms with Crippen LogP contribution in [0.2, 0.25) is 0 Å². The summed E-state index contributed by atoms with van der Waals surface area (Å²) in [7, 11) is -1.62. The van der Waals surface area contributed by atoms with Gasteiger partial charge < -0.3 is 5.11 Å². The van der Waals surface area contributed by atoms with E-state index in [1.807, 2.05) is 0 Å². The highest BCUT2D eigenvalue weighted by atomic mass is 28.2. The molecule has 0 bridgehead atoms. The average molecular weight is 145 g/mol. The van der Waals surface area contributed by atoms with Crippen molar-refractivity contribution in [2.45, 2.75) is 0 Å². The molecule has 0 fully saturated rings. The minimum Gasteiger partial charge on any atom is -0.443 e. The molecule has 0 radical (unpaired) electrons. The lowest BCUT2D eigenvalue weighted by Gasteiger charge is -1.72. The molecule has 7 heteroatoms. The van der Waals surface area contributed by atoms with Gasteiger partial charge in [0, 0.05) is 0 Å². The van der Waals surface area contributed by atoms with Gasteiger partial charge in [-0.25, -0.2) is 0 Å². The van der Waals surface area contributed by atoms with Crippen molar-refractivity contribution in [1.82, 2.24) is 0 Å². The van der Waals surface area contributed by atoms with E-state index < -0.39 is 14.3 Å². The molecule has 0 saturated carbocycles. The van der Waals surface area contributed by atoms with Crippen LogP contribution in [0.25, 0.3) is 0 Å². The van der Waals surface area contributed by atoms with E-state index in [1.54, 1.807) is 0 Å². The van der Waals surface area contributed by atoms with Crippen molar-refractivity contribution >= 4 is 9.68 Å². The van der Waals surface area contributed by atoms with Crippen LogP contribution in [0.4, 0.5) is 0 Å². The molecular weight excluding hydrogens is 142 g/mol. The van der Waals surface area contributed by atoms with Gasteiger partial charge in [-0.2, -0.15) is 10.5 Å². The predicted octanol–water partition coefficient (Wildman–Crippen LogP) is -1.33. The lowest BCUT2D eigenvalue weighted by atomic mass is 11.6. The van der Waals surface area contributed by atoms with Crippen LogP contribution < -0.4 is 0 Å². The van der Waals surface area contributed by atoms with Crippen molar-refractivity contribution in [2.24, 2.45) is 0 Å². The molecule has 0 aromatic heterocycles. The molecule has 0 aromatic rings. The lowest BCUT2D eigenvalue weighted by molar-refractivity contribution is -0.318. The zero-order valence-corrected chi connectivity index (χ0v) is 5.73. The van der Waals surface area contributed by atoms with Gasteiger partial charge >= 0.3 is 9.68 Å². The number of rotatable bonds is 1. The third-order valence-corrected chi connectivity index (χ3v) is 0.599. The SMILES string of the molecule is N#CO.N#C[SiH2][N+](=O)[O-]. The molecule has 0 saturated heterocycles. The fraction of sp³-hybridized carbons (Fsp3) is 0. The maximum Gasteiger partial charge on any atom is 0.502 e. The van der Waals surface area contributed by atoms with E-state index in [-0.39, 0.29) is 0 Å². The van der Waals surface area contributed by atoms with E-state index in [2.05, 4.69) is 0 Å². The fourth-order valence-electron chi connectivity index (χ4n) is 0.0577. The van der Waals surface area contributed by atoms with Gasteiger partial charge in [-0.1, -0.05) is 0 Å². The number of nitriles is 2. The van der Waals surface area contributed by atoms with Gasteiger partial charge in [-0.15, -0.1) is 0 Å². The number of nitrogens with zero attached hydrogens (tertiary/aromatic N) is 3. The highest BCUT2D eigenvalue weighted by Crippen LogP contribution is 1.53. The number of aliphatic hydroxyl groups is 1. The van der Waals surface area contributed by atoms with E-state index in [4.69, 9.17) is 15.6 Å². The maximum absolute atomic E-state index is 9.24. The zero-order chi connectivity index (χ0) is 7.70. The molecule has 0 spiro atoms. The Morgan fingerprint density at radius 3 is 2.00 bits per heavy atom. The van der Waals surface area contributed by atoms with Crippen molar-refractivity contribution in [3.8, 4) is 11.9 Å². The zero-order valence-electron chi connectivity index (χ0n) is 4.31. The van der Waals surface area contributed by atoms with Crippen LogP contribution in [0.1, 0.15) is 0 Å². The number of nitro groups is 1. The molecule has 6 nitrogen and oxygen atoms in total. The van der Waals surface area contributed by atoms with Crippen molar-refractivity contribution in [2.75, 3.05) is 0 Å². The van der Waals surface area contributed by atoms with Gasteiger partial charge in [0.15, 0.2) is 0 Å². The topological polar surface area (TPSA) is 111 Å². The molecule has 0 unspecified atom stereocenters. The Morgan fingerprint density at radius 1 is 1.67 bits per heavy atom. The minimum absolute atomic E-state index is 0.542. The van der Waals surface area contributed by atoms with Gasteiger partial charge in [-0.3, -0.25) is 10.1 Å². The number of hydrogen-bond donors (Lipinski definition) is 1. The van der Waals surface area contributed by atoms with E-state index in [9.17, 15) is 10.1 Å². The standard InChI is InChI=1S/CH2N2O2Si.CHNO/c2-1-6-3(4)5;2-1-3/h6H2;3H. The number of hydrogen-bond acceptors (Lipinski definition) is 5. The normalized spacial score (nSPS) is 6.44. The summed E-state index contributed by atoms with van der Waals surface area (Å²) in [6, 6.07) is 0. The van der Waals surface area contributed by atoms with E-state index in [1.165, 1.54) is 5.69 Å². The molecule has 0 amide bonds. The summed E-state index contributed by atoms with van der Waals surface area (Å²) in [6.45, 7) is 0. The molecule has 0 aliphatic heterocycles. The van der Waals surface area contributed by atoms with Crippen molar-refractivity contribution < 1.29 is 9.70 Å². The van der Waals surface area contributed by atoms with Crippen LogP contribution in [0.5, 0.6) is 0 Å². The molecule has 48 valence electrons. The maximum atomic E-state index is 9.24. The quantitative estimate of drug-likeness (QED) is 0.212. The molecule has 0 heterocycles. The smallest absolute Gasteiger partial charge is 0.443 e. The molecule has 0 atom stereocenters. The molecule has 0 aliphatic carbocycles. The van der Waals surface area contributed by atoms with Crippen molar-refractivity contribution in [3.05, 3.63) is 10.1 Å². The second kappa shape index (κ2) is 9.64. The monoisotopic (exact) mass is 145 g/mol. The molecule has 0 aromatic carbocycles. The van der Waals surface area contributed by atoms with Gasteiger partial charge in [-0.05, 0) is 4.59 Å². The van der Waals surface area contributed by atoms with Crippen LogP contribution in [-0.2, 0) is 0 Å². The summed E-state index contributed by atoms with van der Waals surface area (Å²) in [4.78, 5) is 9.24. The van der Waals surface area contributed by atoms with Crippen molar-refractivity contribution in [1.29, 1.82) is 10.5 Å². The first-order chi connectivity index (χ1) is 4.18. The second-order valence-electron chi connectivity index (χ2n) is 0.749. The molecular formula is C2H3N3O3Si. The van der Waals surface area contributed by atoms with E-state index in [0.717, 1.165) is 6.26 Å². The largest absolute Gasteiger partial charge is 0.502 e. The number of aliphatic hydroxyl groups excluding tert-OH is 1. The third kappa shape index (κ3) is 63.4. The van der Waals surface area contributed by atoms with E-state index in [0.29, 0.717) is 0 Å². The molecule has 0 rings (SSSR count). The lowest BCUT2D eigenvalue weighted by Crippen LogP contribution is -2.00. The summed E-state index contributed by atoms with van der Waals surface area (Å²) in [5.41, 5.74) is 1.51. The van der Waals surface area contributed by atoms with Gasteiger partial charge in [0.2, 0.25) is 0 Å². The first kappa shape index (κ1) is 10.4. The van der Waals surface area contributed by atoms with Crippen molar-refractivity contribution in [3.63, 3.8) is 0 Å². The Balaban J connectivity index is 0. The van der Waals surface area contributed by atoms with Crippen LogP contribution >= 0.6 is 0 Å². The van der Waals surface area contributed by atoms with E-state index >= 15 is 0 Å².